The average molecular weight is 227 g/mol. The summed E-state index contributed by atoms with van der Waals surface area (Å²) in [6, 6.07) is 0.661. The second-order valence-electron chi connectivity index (χ2n) is 6.80. The maximum absolute atomic E-state index is 5.94. The molecule has 0 spiro atoms. The van der Waals surface area contributed by atoms with Crippen LogP contribution < -0.4 is 5.32 Å². The first kappa shape index (κ1) is 14.0. The second-order valence-corrected chi connectivity index (χ2v) is 6.80. The van der Waals surface area contributed by atoms with Gasteiger partial charge in [-0.2, -0.15) is 0 Å². The highest BCUT2D eigenvalue weighted by atomic mass is 16.5. The van der Waals surface area contributed by atoms with Gasteiger partial charge in [0.1, 0.15) is 0 Å². The number of nitrogens with one attached hydrogen (secondary N) is 1. The van der Waals surface area contributed by atoms with Gasteiger partial charge in [-0.1, -0.05) is 13.3 Å². The van der Waals surface area contributed by atoms with E-state index in [4.69, 9.17) is 4.74 Å². The van der Waals surface area contributed by atoms with Crippen LogP contribution in [0.1, 0.15) is 67.2 Å². The Hall–Kier alpha value is -0.0800. The van der Waals surface area contributed by atoms with Gasteiger partial charge >= 0.3 is 0 Å². The van der Waals surface area contributed by atoms with E-state index in [1.807, 2.05) is 0 Å². The third-order valence-electron chi connectivity index (χ3n) is 3.08. The van der Waals surface area contributed by atoms with Crippen molar-refractivity contribution in [2.75, 3.05) is 0 Å². The van der Waals surface area contributed by atoms with E-state index in [0.29, 0.717) is 12.1 Å². The quantitative estimate of drug-likeness (QED) is 0.776. The predicted molar refractivity (Wildman–Crippen MR) is 69.8 cm³/mol. The normalized spacial score (nSPS) is 26.6. The van der Waals surface area contributed by atoms with Crippen LogP contribution in [0.3, 0.4) is 0 Å². The summed E-state index contributed by atoms with van der Waals surface area (Å²) in [5.41, 5.74) is 0.292. The molecule has 1 N–H and O–H groups in total. The molecule has 0 radical (unpaired) electrons. The summed E-state index contributed by atoms with van der Waals surface area (Å²) in [7, 11) is 0. The molecule has 0 atom stereocenters. The van der Waals surface area contributed by atoms with Gasteiger partial charge in [0.25, 0.3) is 0 Å². The molecular weight excluding hydrogens is 198 g/mol. The fraction of sp³-hybridized carbons (Fsp3) is 1.00. The molecule has 2 heteroatoms. The first-order valence-corrected chi connectivity index (χ1v) is 6.67. The molecule has 0 amide bonds. The van der Waals surface area contributed by atoms with Gasteiger partial charge in [0, 0.05) is 11.6 Å². The van der Waals surface area contributed by atoms with Gasteiger partial charge in [-0.25, -0.2) is 0 Å². The summed E-state index contributed by atoms with van der Waals surface area (Å²) in [5.74, 6) is 0. The number of ether oxygens (including phenoxy) is 1. The van der Waals surface area contributed by atoms with E-state index in [0.717, 1.165) is 0 Å². The van der Waals surface area contributed by atoms with Crippen LogP contribution in [-0.4, -0.2) is 23.3 Å². The minimum Gasteiger partial charge on any atom is -0.373 e. The van der Waals surface area contributed by atoms with Crippen molar-refractivity contribution in [3.63, 3.8) is 0 Å². The van der Waals surface area contributed by atoms with Crippen molar-refractivity contribution in [2.24, 2.45) is 0 Å². The molecule has 96 valence electrons. The van der Waals surface area contributed by atoms with Crippen LogP contribution in [0.5, 0.6) is 0 Å². The standard InChI is InChI=1S/C14H29NO/c1-7-8-14(5,6)15-11-9-12(10-11)16-13(2,3)4/h11-12,15H,7-10H2,1-6H3. The number of hydrogen-bond acceptors (Lipinski definition) is 2. The maximum Gasteiger partial charge on any atom is 0.0612 e. The van der Waals surface area contributed by atoms with Crippen molar-refractivity contribution < 1.29 is 4.74 Å². The van der Waals surface area contributed by atoms with Gasteiger partial charge in [0.2, 0.25) is 0 Å². The Morgan fingerprint density at radius 3 is 2.12 bits per heavy atom. The van der Waals surface area contributed by atoms with Gasteiger partial charge in [-0.15, -0.1) is 0 Å². The SMILES string of the molecule is CCCC(C)(C)NC1CC(OC(C)(C)C)C1. The molecule has 0 unspecified atom stereocenters. The fourth-order valence-corrected chi connectivity index (χ4v) is 2.53. The lowest BCUT2D eigenvalue weighted by Gasteiger charge is -2.43. The molecule has 1 saturated carbocycles. The highest BCUT2D eigenvalue weighted by Gasteiger charge is 2.35. The zero-order chi connectivity index (χ0) is 12.4. The Morgan fingerprint density at radius 1 is 1.12 bits per heavy atom. The van der Waals surface area contributed by atoms with Gasteiger partial charge in [-0.05, 0) is 53.9 Å². The molecule has 1 fully saturated rings. The smallest absolute Gasteiger partial charge is 0.0612 e. The molecule has 0 saturated heterocycles. The second kappa shape index (κ2) is 5.05. The summed E-state index contributed by atoms with van der Waals surface area (Å²) >= 11 is 0. The Labute approximate surface area is 101 Å². The summed E-state index contributed by atoms with van der Waals surface area (Å²) in [4.78, 5) is 0. The highest BCUT2D eigenvalue weighted by molar-refractivity contribution is 4.92. The molecule has 0 heterocycles. The van der Waals surface area contributed by atoms with Crippen molar-refractivity contribution in [2.45, 2.75) is 90.5 Å². The van der Waals surface area contributed by atoms with E-state index in [1.165, 1.54) is 25.7 Å². The zero-order valence-corrected chi connectivity index (χ0v) is 11.9. The Bertz CT molecular complexity index is 211. The largest absolute Gasteiger partial charge is 0.373 e. The zero-order valence-electron chi connectivity index (χ0n) is 11.9. The van der Waals surface area contributed by atoms with Crippen molar-refractivity contribution in [3.05, 3.63) is 0 Å². The van der Waals surface area contributed by atoms with Crippen molar-refractivity contribution in [3.8, 4) is 0 Å². The molecule has 1 aliphatic carbocycles. The third-order valence-corrected chi connectivity index (χ3v) is 3.08. The first-order chi connectivity index (χ1) is 7.22. The van der Waals surface area contributed by atoms with Crippen LogP contribution in [0.25, 0.3) is 0 Å². The van der Waals surface area contributed by atoms with Crippen molar-refractivity contribution in [1.82, 2.24) is 5.32 Å². The summed E-state index contributed by atoms with van der Waals surface area (Å²) in [5, 5.41) is 3.73. The minimum absolute atomic E-state index is 0.00851. The Balaban J connectivity index is 2.21. The third kappa shape index (κ3) is 4.84. The molecule has 0 bridgehead atoms. The van der Waals surface area contributed by atoms with Crippen LogP contribution in [0, 0.1) is 0 Å². The molecule has 1 rings (SSSR count). The van der Waals surface area contributed by atoms with E-state index in [1.54, 1.807) is 0 Å². The van der Waals surface area contributed by atoms with E-state index >= 15 is 0 Å². The summed E-state index contributed by atoms with van der Waals surface area (Å²) < 4.78 is 5.94. The van der Waals surface area contributed by atoms with Gasteiger partial charge in [0.15, 0.2) is 0 Å². The molecule has 0 aliphatic heterocycles. The van der Waals surface area contributed by atoms with E-state index < -0.39 is 0 Å². The molecule has 0 aromatic heterocycles. The van der Waals surface area contributed by atoms with Crippen molar-refractivity contribution in [1.29, 1.82) is 0 Å². The molecule has 1 aliphatic rings. The summed E-state index contributed by atoms with van der Waals surface area (Å²) in [6.45, 7) is 13.2. The lowest BCUT2D eigenvalue weighted by atomic mass is 9.85. The monoisotopic (exact) mass is 227 g/mol. The van der Waals surface area contributed by atoms with Crippen LogP contribution in [-0.2, 0) is 4.74 Å². The number of hydrogen-bond donors (Lipinski definition) is 1. The van der Waals surface area contributed by atoms with E-state index in [9.17, 15) is 0 Å². The Morgan fingerprint density at radius 2 is 1.69 bits per heavy atom. The summed E-state index contributed by atoms with van der Waals surface area (Å²) in [6.07, 6.45) is 5.30. The maximum atomic E-state index is 5.94. The van der Waals surface area contributed by atoms with Crippen molar-refractivity contribution >= 4 is 0 Å². The van der Waals surface area contributed by atoms with E-state index in [2.05, 4.69) is 46.9 Å². The average Bonchev–Trinajstić information content (AvgIpc) is 1.96. The van der Waals surface area contributed by atoms with Gasteiger partial charge in [0.05, 0.1) is 11.7 Å². The lowest BCUT2D eigenvalue weighted by Crippen LogP contribution is -2.54. The highest BCUT2D eigenvalue weighted by Crippen LogP contribution is 2.29. The topological polar surface area (TPSA) is 21.3 Å². The fourth-order valence-electron chi connectivity index (χ4n) is 2.53. The lowest BCUT2D eigenvalue weighted by molar-refractivity contribution is -0.105. The number of rotatable bonds is 5. The molecule has 16 heavy (non-hydrogen) atoms. The van der Waals surface area contributed by atoms with Gasteiger partial charge < -0.3 is 10.1 Å². The first-order valence-electron chi connectivity index (χ1n) is 6.67. The molecular formula is C14H29NO. The minimum atomic E-state index is 0.00851. The van der Waals surface area contributed by atoms with E-state index in [-0.39, 0.29) is 11.1 Å². The molecule has 0 aromatic carbocycles. The van der Waals surface area contributed by atoms with Crippen LogP contribution in [0.2, 0.25) is 0 Å². The molecule has 2 nitrogen and oxygen atoms in total. The van der Waals surface area contributed by atoms with Crippen LogP contribution in [0.15, 0.2) is 0 Å². The van der Waals surface area contributed by atoms with Crippen LogP contribution >= 0.6 is 0 Å². The predicted octanol–water partition coefficient (Wildman–Crippen LogP) is 3.50. The van der Waals surface area contributed by atoms with Crippen LogP contribution in [0.4, 0.5) is 0 Å². The Kier molecular flexibility index (Phi) is 4.42. The molecule has 0 aromatic rings. The van der Waals surface area contributed by atoms with Gasteiger partial charge in [-0.3, -0.25) is 0 Å².